The molecule has 0 bridgehead atoms. The summed E-state index contributed by atoms with van der Waals surface area (Å²) in [5, 5.41) is 8.46. The molecule has 0 aliphatic heterocycles. The van der Waals surface area contributed by atoms with Crippen LogP contribution in [0.1, 0.15) is 36.5 Å². The third-order valence-corrected chi connectivity index (χ3v) is 2.30. The second-order valence-electron chi connectivity index (χ2n) is 3.04. The van der Waals surface area contributed by atoms with Crippen molar-refractivity contribution in [2.45, 2.75) is 26.2 Å². The third-order valence-electron chi connectivity index (χ3n) is 1.73. The molecule has 0 fully saturated rings. The number of carboxylic acid groups (broad SMARTS) is 1. The molecule has 0 unspecified atom stereocenters. The number of halogens is 2. The van der Waals surface area contributed by atoms with E-state index in [9.17, 15) is 4.79 Å². The number of hydrogen-bond acceptors (Lipinski definition) is 2. The molecular formula is C11H15Cl2NO2. The topological polar surface area (TPSA) is 50.2 Å². The Kier molecular flexibility index (Phi) is 8.96. The highest BCUT2D eigenvalue weighted by Gasteiger charge is 2.06. The first-order valence-electron chi connectivity index (χ1n) is 5.03. The smallest absolute Gasteiger partial charge is 0.338 e. The number of alkyl halides is 1. The summed E-state index contributed by atoms with van der Waals surface area (Å²) in [6.07, 6.45) is 5.17. The average molecular weight is 264 g/mol. The van der Waals surface area contributed by atoms with E-state index >= 15 is 0 Å². The molecular weight excluding hydrogens is 249 g/mol. The Hall–Kier alpha value is -0.800. The Labute approximate surface area is 105 Å². The molecule has 1 heterocycles. The quantitative estimate of drug-likeness (QED) is 0.510. The maximum Gasteiger partial charge on any atom is 0.338 e. The van der Waals surface area contributed by atoms with Crippen LogP contribution in [0, 0.1) is 0 Å². The van der Waals surface area contributed by atoms with Gasteiger partial charge in [0, 0.05) is 12.1 Å². The Bertz CT molecular complexity index is 315. The number of carbonyl (C=O) groups is 1. The third kappa shape index (κ3) is 6.64. The zero-order valence-corrected chi connectivity index (χ0v) is 10.6. The van der Waals surface area contributed by atoms with Crippen LogP contribution in [0.25, 0.3) is 0 Å². The molecule has 0 spiro atoms. The van der Waals surface area contributed by atoms with Gasteiger partial charge in [0.05, 0.1) is 5.56 Å². The van der Waals surface area contributed by atoms with Gasteiger partial charge in [-0.1, -0.05) is 31.4 Å². The minimum atomic E-state index is -1.06. The Morgan fingerprint density at radius 2 is 2.19 bits per heavy atom. The number of unbranched alkanes of at least 4 members (excludes halogenated alkanes) is 2. The van der Waals surface area contributed by atoms with Gasteiger partial charge < -0.3 is 5.11 Å². The molecule has 3 nitrogen and oxygen atoms in total. The zero-order valence-electron chi connectivity index (χ0n) is 9.12. The Morgan fingerprint density at radius 1 is 1.50 bits per heavy atom. The lowest BCUT2D eigenvalue weighted by Gasteiger charge is -1.93. The van der Waals surface area contributed by atoms with Crippen molar-refractivity contribution >= 4 is 29.2 Å². The van der Waals surface area contributed by atoms with Crippen molar-refractivity contribution in [1.82, 2.24) is 4.98 Å². The van der Waals surface area contributed by atoms with Gasteiger partial charge in [-0.15, -0.1) is 11.6 Å². The lowest BCUT2D eigenvalue weighted by Crippen LogP contribution is -1.97. The first kappa shape index (κ1) is 15.2. The summed E-state index contributed by atoms with van der Waals surface area (Å²) in [6, 6.07) is 2.92. The second-order valence-corrected chi connectivity index (χ2v) is 3.78. The van der Waals surface area contributed by atoms with Gasteiger partial charge in [-0.2, -0.15) is 0 Å². The molecule has 5 heteroatoms. The lowest BCUT2D eigenvalue weighted by atomic mass is 10.3. The molecule has 0 aliphatic rings. The van der Waals surface area contributed by atoms with E-state index in [1.165, 1.54) is 37.6 Å². The number of aromatic carboxylic acids is 1. The van der Waals surface area contributed by atoms with Crippen molar-refractivity contribution < 1.29 is 9.90 Å². The van der Waals surface area contributed by atoms with E-state index < -0.39 is 5.97 Å². The number of rotatable bonds is 4. The highest BCUT2D eigenvalue weighted by Crippen LogP contribution is 2.10. The van der Waals surface area contributed by atoms with E-state index in [1.54, 1.807) is 0 Å². The molecule has 0 atom stereocenters. The number of aromatic nitrogens is 1. The Morgan fingerprint density at radius 3 is 2.50 bits per heavy atom. The first-order chi connectivity index (χ1) is 7.63. The van der Waals surface area contributed by atoms with Gasteiger partial charge in [0.2, 0.25) is 0 Å². The van der Waals surface area contributed by atoms with Crippen LogP contribution in [0.15, 0.2) is 18.3 Å². The molecule has 1 rings (SSSR count). The van der Waals surface area contributed by atoms with Crippen molar-refractivity contribution in [3.63, 3.8) is 0 Å². The second kappa shape index (κ2) is 9.43. The van der Waals surface area contributed by atoms with Crippen LogP contribution in [-0.2, 0) is 0 Å². The number of hydrogen-bond donors (Lipinski definition) is 1. The van der Waals surface area contributed by atoms with Gasteiger partial charge >= 0.3 is 5.97 Å². The summed E-state index contributed by atoms with van der Waals surface area (Å²) in [5.41, 5.74) is 0.0316. The molecule has 0 amide bonds. The fourth-order valence-electron chi connectivity index (χ4n) is 0.890. The van der Waals surface area contributed by atoms with Gasteiger partial charge in [0.1, 0.15) is 5.15 Å². The lowest BCUT2D eigenvalue weighted by molar-refractivity contribution is 0.0696. The van der Waals surface area contributed by atoms with E-state index in [4.69, 9.17) is 28.3 Å². The van der Waals surface area contributed by atoms with Crippen molar-refractivity contribution in [2.24, 2.45) is 0 Å². The monoisotopic (exact) mass is 263 g/mol. The van der Waals surface area contributed by atoms with E-state index in [1.807, 2.05) is 0 Å². The molecule has 0 aromatic carbocycles. The van der Waals surface area contributed by atoms with E-state index in [0.29, 0.717) is 0 Å². The summed E-state index contributed by atoms with van der Waals surface area (Å²) >= 11 is 10.8. The SMILES string of the molecule is CCCCCCl.O=C(O)c1cccnc1Cl. The van der Waals surface area contributed by atoms with E-state index in [-0.39, 0.29) is 10.7 Å². The van der Waals surface area contributed by atoms with Crippen LogP contribution in [0.4, 0.5) is 0 Å². The van der Waals surface area contributed by atoms with Crippen LogP contribution in [0.3, 0.4) is 0 Å². The number of nitrogens with zero attached hydrogens (tertiary/aromatic N) is 1. The van der Waals surface area contributed by atoms with Crippen LogP contribution >= 0.6 is 23.2 Å². The zero-order chi connectivity index (χ0) is 12.4. The van der Waals surface area contributed by atoms with Crippen LogP contribution in [0.2, 0.25) is 5.15 Å². The van der Waals surface area contributed by atoms with Crippen molar-refractivity contribution in [1.29, 1.82) is 0 Å². The van der Waals surface area contributed by atoms with Crippen LogP contribution in [0.5, 0.6) is 0 Å². The molecule has 90 valence electrons. The largest absolute Gasteiger partial charge is 0.478 e. The summed E-state index contributed by atoms with van der Waals surface area (Å²) in [6.45, 7) is 2.17. The fraction of sp³-hybridized carbons (Fsp3) is 0.455. The van der Waals surface area contributed by atoms with Gasteiger partial charge in [-0.05, 0) is 18.6 Å². The van der Waals surface area contributed by atoms with Crippen LogP contribution in [-0.4, -0.2) is 21.9 Å². The predicted octanol–water partition coefficient (Wildman–Crippen LogP) is 3.85. The van der Waals surface area contributed by atoms with Gasteiger partial charge in [0.15, 0.2) is 0 Å². The van der Waals surface area contributed by atoms with Crippen molar-refractivity contribution in [2.75, 3.05) is 5.88 Å². The van der Waals surface area contributed by atoms with Crippen molar-refractivity contribution in [3.05, 3.63) is 29.0 Å². The minimum absolute atomic E-state index is 0.0231. The number of pyridine rings is 1. The molecule has 1 N–H and O–H groups in total. The van der Waals surface area contributed by atoms with Crippen LogP contribution < -0.4 is 0 Å². The maximum atomic E-state index is 10.3. The Balaban J connectivity index is 0.000000325. The first-order valence-corrected chi connectivity index (χ1v) is 5.94. The van der Waals surface area contributed by atoms with Gasteiger partial charge in [-0.25, -0.2) is 9.78 Å². The average Bonchev–Trinajstić information content (AvgIpc) is 2.27. The summed E-state index contributed by atoms with van der Waals surface area (Å²) < 4.78 is 0. The summed E-state index contributed by atoms with van der Waals surface area (Å²) in [7, 11) is 0. The van der Waals surface area contributed by atoms with E-state index in [2.05, 4.69) is 11.9 Å². The highest BCUT2D eigenvalue weighted by atomic mass is 35.5. The molecule has 0 saturated carbocycles. The molecule has 0 aliphatic carbocycles. The van der Waals surface area contributed by atoms with Crippen molar-refractivity contribution in [3.8, 4) is 0 Å². The molecule has 16 heavy (non-hydrogen) atoms. The van der Waals surface area contributed by atoms with E-state index in [0.717, 1.165) is 5.88 Å². The molecule has 0 radical (unpaired) electrons. The minimum Gasteiger partial charge on any atom is -0.478 e. The normalized spacial score (nSPS) is 9.19. The molecule has 0 saturated heterocycles. The highest BCUT2D eigenvalue weighted by molar-refractivity contribution is 6.32. The summed E-state index contributed by atoms with van der Waals surface area (Å²) in [5.74, 6) is -0.230. The number of carboxylic acids is 1. The fourth-order valence-corrected chi connectivity index (χ4v) is 1.28. The predicted molar refractivity (Wildman–Crippen MR) is 66.5 cm³/mol. The van der Waals surface area contributed by atoms with Gasteiger partial charge in [-0.3, -0.25) is 0 Å². The molecule has 1 aromatic rings. The maximum absolute atomic E-state index is 10.3. The molecule has 1 aromatic heterocycles. The standard InChI is InChI=1S/C6H4ClNO2.C5H11Cl/c7-5-4(6(9)10)2-1-3-8-5;1-2-3-4-5-6/h1-3H,(H,9,10);2-5H2,1H3. The van der Waals surface area contributed by atoms with Gasteiger partial charge in [0.25, 0.3) is 0 Å². The summed E-state index contributed by atoms with van der Waals surface area (Å²) in [4.78, 5) is 13.9.